The molecule has 104 valence electrons. The minimum atomic E-state index is 0.254. The number of ether oxygens (including phenoxy) is 1. The highest BCUT2D eigenvalue weighted by molar-refractivity contribution is 5.77. The average molecular weight is 262 g/mol. The number of carbonyl (C=O) groups excluding carboxylic acids is 1. The monoisotopic (exact) mass is 262 g/mol. The molecule has 0 saturated carbocycles. The van der Waals surface area contributed by atoms with Crippen LogP contribution in [0.1, 0.15) is 18.9 Å². The Morgan fingerprint density at radius 1 is 1.37 bits per heavy atom. The second-order valence-corrected chi connectivity index (χ2v) is 4.84. The van der Waals surface area contributed by atoms with Gasteiger partial charge >= 0.3 is 0 Å². The third kappa shape index (κ3) is 3.47. The van der Waals surface area contributed by atoms with Gasteiger partial charge in [0.1, 0.15) is 5.75 Å². The van der Waals surface area contributed by atoms with Gasteiger partial charge in [0.05, 0.1) is 13.2 Å². The Hall–Kier alpha value is -1.55. The van der Waals surface area contributed by atoms with Crippen molar-refractivity contribution < 1.29 is 9.53 Å². The van der Waals surface area contributed by atoms with Crippen LogP contribution in [-0.4, -0.2) is 43.6 Å². The van der Waals surface area contributed by atoms with Crippen LogP contribution >= 0.6 is 0 Å². The lowest BCUT2D eigenvalue weighted by molar-refractivity contribution is -0.134. The highest BCUT2D eigenvalue weighted by atomic mass is 16.5. The highest BCUT2D eigenvalue weighted by Crippen LogP contribution is 2.14. The fourth-order valence-corrected chi connectivity index (χ4v) is 2.32. The van der Waals surface area contributed by atoms with Gasteiger partial charge in [0.25, 0.3) is 0 Å². The first-order chi connectivity index (χ1) is 9.24. The van der Waals surface area contributed by atoms with Crippen molar-refractivity contribution in [2.24, 2.45) is 0 Å². The van der Waals surface area contributed by atoms with Crippen LogP contribution in [0.3, 0.4) is 0 Å². The van der Waals surface area contributed by atoms with E-state index in [0.717, 1.165) is 31.8 Å². The van der Waals surface area contributed by atoms with E-state index >= 15 is 0 Å². The number of carbonyl (C=O) groups is 1. The summed E-state index contributed by atoms with van der Waals surface area (Å²) in [7, 11) is 1.66. The lowest BCUT2D eigenvalue weighted by Gasteiger charge is -2.37. The van der Waals surface area contributed by atoms with Gasteiger partial charge in [-0.05, 0) is 31.0 Å². The third-order valence-corrected chi connectivity index (χ3v) is 3.65. The molecule has 1 aromatic rings. The van der Waals surface area contributed by atoms with Crippen LogP contribution in [-0.2, 0) is 11.2 Å². The van der Waals surface area contributed by atoms with E-state index in [9.17, 15) is 4.79 Å². The molecule has 1 aliphatic rings. The molecule has 1 fully saturated rings. The summed E-state index contributed by atoms with van der Waals surface area (Å²) in [4.78, 5) is 14.2. The Bertz CT molecular complexity index is 413. The van der Waals surface area contributed by atoms with Crippen molar-refractivity contribution >= 4 is 5.91 Å². The number of benzene rings is 1. The van der Waals surface area contributed by atoms with Crippen LogP contribution < -0.4 is 10.1 Å². The molecule has 0 aromatic heterocycles. The first-order valence-corrected chi connectivity index (χ1v) is 6.87. The summed E-state index contributed by atoms with van der Waals surface area (Å²) < 4.78 is 5.12. The molecular formula is C15H22N2O2. The predicted molar refractivity (Wildman–Crippen MR) is 75.4 cm³/mol. The fraction of sp³-hybridized carbons (Fsp3) is 0.533. The van der Waals surface area contributed by atoms with E-state index in [1.807, 2.05) is 36.1 Å². The lowest BCUT2D eigenvalue weighted by atomic mass is 10.1. The number of rotatable bonds is 6. The Morgan fingerprint density at radius 2 is 2.05 bits per heavy atom. The maximum atomic E-state index is 12.2. The van der Waals surface area contributed by atoms with E-state index in [0.29, 0.717) is 12.5 Å². The Balaban J connectivity index is 1.84. The highest BCUT2D eigenvalue weighted by Gasteiger charge is 2.26. The van der Waals surface area contributed by atoms with Crippen LogP contribution in [0.15, 0.2) is 24.3 Å². The zero-order valence-electron chi connectivity index (χ0n) is 11.7. The summed E-state index contributed by atoms with van der Waals surface area (Å²) in [5.41, 5.74) is 1.18. The van der Waals surface area contributed by atoms with Crippen molar-refractivity contribution in [1.29, 1.82) is 0 Å². The van der Waals surface area contributed by atoms with Gasteiger partial charge in [0, 0.05) is 26.1 Å². The molecule has 1 N–H and O–H groups in total. The van der Waals surface area contributed by atoms with Crippen molar-refractivity contribution in [1.82, 2.24) is 10.2 Å². The third-order valence-electron chi connectivity index (χ3n) is 3.65. The standard InChI is InChI=1S/C15H22N2O2/c1-3-17(13-10-16-11-13)15(18)9-6-12-4-7-14(19-2)8-5-12/h4-5,7-8,13,16H,3,6,9-11H2,1-2H3. The number of amides is 1. The van der Waals surface area contributed by atoms with Gasteiger partial charge in [-0.2, -0.15) is 0 Å². The quantitative estimate of drug-likeness (QED) is 0.843. The SMILES string of the molecule is CCN(C(=O)CCc1ccc(OC)cc1)C1CNC1. The van der Waals surface area contributed by atoms with Crippen LogP contribution in [0.2, 0.25) is 0 Å². The number of hydrogen-bond donors (Lipinski definition) is 1. The molecule has 0 spiro atoms. The smallest absolute Gasteiger partial charge is 0.223 e. The van der Waals surface area contributed by atoms with Gasteiger partial charge in [-0.1, -0.05) is 12.1 Å². The normalized spacial score (nSPS) is 14.8. The number of hydrogen-bond acceptors (Lipinski definition) is 3. The minimum Gasteiger partial charge on any atom is -0.497 e. The first kappa shape index (κ1) is 13.9. The van der Waals surface area contributed by atoms with Gasteiger partial charge < -0.3 is 15.0 Å². The van der Waals surface area contributed by atoms with Gasteiger partial charge in [-0.25, -0.2) is 0 Å². The van der Waals surface area contributed by atoms with E-state index in [2.05, 4.69) is 5.32 Å². The number of nitrogens with one attached hydrogen (secondary N) is 1. The summed E-state index contributed by atoms with van der Waals surface area (Å²) in [6, 6.07) is 8.31. The first-order valence-electron chi connectivity index (χ1n) is 6.87. The van der Waals surface area contributed by atoms with Crippen molar-refractivity contribution in [3.8, 4) is 5.75 Å². The van der Waals surface area contributed by atoms with Crippen molar-refractivity contribution in [2.45, 2.75) is 25.8 Å². The Kier molecular flexibility index (Phi) is 4.80. The maximum absolute atomic E-state index is 12.2. The minimum absolute atomic E-state index is 0.254. The molecular weight excluding hydrogens is 240 g/mol. The Morgan fingerprint density at radius 3 is 2.53 bits per heavy atom. The van der Waals surface area contributed by atoms with Gasteiger partial charge in [0.15, 0.2) is 0 Å². The number of aryl methyl sites for hydroxylation is 1. The summed E-state index contributed by atoms with van der Waals surface area (Å²) >= 11 is 0. The van der Waals surface area contributed by atoms with E-state index in [4.69, 9.17) is 4.74 Å². The molecule has 2 rings (SSSR count). The molecule has 1 amide bonds. The zero-order chi connectivity index (χ0) is 13.7. The van der Waals surface area contributed by atoms with Crippen LogP contribution in [0.25, 0.3) is 0 Å². The molecule has 0 aliphatic carbocycles. The molecule has 1 aromatic carbocycles. The lowest BCUT2D eigenvalue weighted by Crippen LogP contribution is -2.58. The topological polar surface area (TPSA) is 41.6 Å². The van der Waals surface area contributed by atoms with E-state index < -0.39 is 0 Å². The maximum Gasteiger partial charge on any atom is 0.223 e. The second-order valence-electron chi connectivity index (χ2n) is 4.84. The average Bonchev–Trinajstić information content (AvgIpc) is 2.40. The van der Waals surface area contributed by atoms with Crippen LogP contribution in [0.5, 0.6) is 5.75 Å². The van der Waals surface area contributed by atoms with Crippen molar-refractivity contribution in [3.05, 3.63) is 29.8 Å². The molecule has 0 radical (unpaired) electrons. The number of methoxy groups -OCH3 is 1. The number of nitrogens with zero attached hydrogens (tertiary/aromatic N) is 1. The van der Waals surface area contributed by atoms with E-state index in [1.54, 1.807) is 7.11 Å². The molecule has 0 bridgehead atoms. The summed E-state index contributed by atoms with van der Waals surface area (Å²) in [5.74, 6) is 1.11. The molecule has 4 heteroatoms. The van der Waals surface area contributed by atoms with Crippen molar-refractivity contribution in [3.63, 3.8) is 0 Å². The van der Waals surface area contributed by atoms with E-state index in [-0.39, 0.29) is 5.91 Å². The summed E-state index contributed by atoms with van der Waals surface area (Å²) in [5, 5.41) is 3.21. The summed E-state index contributed by atoms with van der Waals surface area (Å²) in [6.45, 7) is 4.71. The molecule has 1 aliphatic heterocycles. The second kappa shape index (κ2) is 6.57. The van der Waals surface area contributed by atoms with E-state index in [1.165, 1.54) is 5.56 Å². The van der Waals surface area contributed by atoms with Crippen LogP contribution in [0, 0.1) is 0 Å². The predicted octanol–water partition coefficient (Wildman–Crippen LogP) is 1.45. The van der Waals surface area contributed by atoms with Crippen molar-refractivity contribution in [2.75, 3.05) is 26.7 Å². The molecule has 0 unspecified atom stereocenters. The van der Waals surface area contributed by atoms with Gasteiger partial charge in [0.2, 0.25) is 5.91 Å². The Labute approximate surface area is 114 Å². The fourth-order valence-electron chi connectivity index (χ4n) is 2.32. The zero-order valence-corrected chi connectivity index (χ0v) is 11.7. The van der Waals surface area contributed by atoms with Crippen LogP contribution in [0.4, 0.5) is 0 Å². The molecule has 19 heavy (non-hydrogen) atoms. The molecule has 1 heterocycles. The van der Waals surface area contributed by atoms with Gasteiger partial charge in [-0.3, -0.25) is 4.79 Å². The molecule has 4 nitrogen and oxygen atoms in total. The molecule has 0 atom stereocenters. The summed E-state index contributed by atoms with van der Waals surface area (Å²) in [6.07, 6.45) is 1.37. The van der Waals surface area contributed by atoms with Gasteiger partial charge in [-0.15, -0.1) is 0 Å². The molecule has 1 saturated heterocycles. The number of likely N-dealkylation sites (N-methyl/N-ethyl adjacent to an activating group) is 1. The largest absolute Gasteiger partial charge is 0.497 e.